The summed E-state index contributed by atoms with van der Waals surface area (Å²) in [5, 5.41) is 0. The minimum Gasteiger partial charge on any atom is -0.444 e. The molecule has 0 aromatic rings. The molecule has 2 aliphatic rings. The van der Waals surface area contributed by atoms with Crippen molar-refractivity contribution < 1.29 is 9.53 Å². The van der Waals surface area contributed by atoms with Gasteiger partial charge in [-0.15, -0.1) is 0 Å². The molecule has 1 aliphatic heterocycles. The van der Waals surface area contributed by atoms with Crippen LogP contribution in [0.25, 0.3) is 0 Å². The summed E-state index contributed by atoms with van der Waals surface area (Å²) < 4.78 is 5.52. The van der Waals surface area contributed by atoms with E-state index in [1.165, 1.54) is 0 Å². The minimum absolute atomic E-state index is 0.0743. The summed E-state index contributed by atoms with van der Waals surface area (Å²) in [6.45, 7) is 21.0. The van der Waals surface area contributed by atoms with E-state index in [0.717, 1.165) is 32.5 Å². The summed E-state index contributed by atoms with van der Waals surface area (Å²) in [6.07, 6.45) is 2.11. The first-order chi connectivity index (χ1) is 10.2. The first kappa shape index (κ1) is 21.2. The second-order valence-corrected chi connectivity index (χ2v) is 6.92. The zero-order chi connectivity index (χ0) is 17.6. The van der Waals surface area contributed by atoms with Crippen LogP contribution in [0.5, 0.6) is 0 Å². The molecule has 0 aromatic heterocycles. The van der Waals surface area contributed by atoms with Crippen molar-refractivity contribution in [2.45, 2.75) is 92.3 Å². The molecule has 0 bridgehead atoms. The third kappa shape index (κ3) is 5.79. The number of rotatable bonds is 1. The van der Waals surface area contributed by atoms with Gasteiger partial charge in [0, 0.05) is 25.7 Å². The van der Waals surface area contributed by atoms with E-state index in [2.05, 4.69) is 18.7 Å². The van der Waals surface area contributed by atoms with Crippen molar-refractivity contribution in [3.8, 4) is 0 Å². The molecule has 0 radical (unpaired) electrons. The van der Waals surface area contributed by atoms with Crippen LogP contribution in [0.2, 0.25) is 0 Å². The molecule has 1 aliphatic carbocycles. The molecule has 1 amide bonds. The number of hydrogen-bond acceptors (Lipinski definition) is 3. The van der Waals surface area contributed by atoms with Gasteiger partial charge in [-0.25, -0.2) is 4.79 Å². The smallest absolute Gasteiger partial charge is 0.410 e. The lowest BCUT2D eigenvalue weighted by Gasteiger charge is -2.43. The molecule has 1 spiro atoms. The van der Waals surface area contributed by atoms with Crippen LogP contribution in [0.1, 0.15) is 75.2 Å². The van der Waals surface area contributed by atoms with Gasteiger partial charge in [-0.3, -0.25) is 9.80 Å². The summed E-state index contributed by atoms with van der Waals surface area (Å²) in [7, 11) is 0. The highest BCUT2D eigenvalue weighted by Gasteiger charge is 2.54. The SMILES string of the molecule is CC.CC.CC(C)N1CCN(C(=O)OC(C)(C)C)C2(CC2)C1. The Morgan fingerprint density at radius 3 is 1.91 bits per heavy atom. The second kappa shape index (κ2) is 8.76. The number of hydrogen-bond donors (Lipinski definition) is 0. The molecule has 0 unspecified atom stereocenters. The van der Waals surface area contributed by atoms with Crippen LogP contribution >= 0.6 is 0 Å². The molecule has 1 saturated carbocycles. The lowest BCUT2D eigenvalue weighted by molar-refractivity contribution is -0.0114. The van der Waals surface area contributed by atoms with Crippen molar-refractivity contribution in [1.82, 2.24) is 9.80 Å². The van der Waals surface area contributed by atoms with E-state index in [9.17, 15) is 4.79 Å². The van der Waals surface area contributed by atoms with Crippen molar-refractivity contribution in [2.24, 2.45) is 0 Å². The predicted octanol–water partition coefficient (Wildman–Crippen LogP) is 4.53. The van der Waals surface area contributed by atoms with Crippen molar-refractivity contribution in [1.29, 1.82) is 0 Å². The Bertz CT molecular complexity index is 330. The maximum atomic E-state index is 12.2. The molecule has 4 heteroatoms. The number of carbonyl (C=O) groups excluding carboxylic acids is 1. The Balaban J connectivity index is 0.00000102. The van der Waals surface area contributed by atoms with Crippen LogP contribution in [0.15, 0.2) is 0 Å². The van der Waals surface area contributed by atoms with Gasteiger partial charge < -0.3 is 4.74 Å². The zero-order valence-corrected chi connectivity index (χ0v) is 16.3. The van der Waals surface area contributed by atoms with Crippen molar-refractivity contribution in [2.75, 3.05) is 19.6 Å². The summed E-state index contributed by atoms with van der Waals surface area (Å²) in [5.41, 5.74) is -0.326. The van der Waals surface area contributed by atoms with E-state index in [0.29, 0.717) is 6.04 Å². The van der Waals surface area contributed by atoms with Crippen LogP contribution in [0.4, 0.5) is 4.79 Å². The number of ether oxygens (including phenoxy) is 1. The van der Waals surface area contributed by atoms with Crippen molar-refractivity contribution in [3.63, 3.8) is 0 Å². The maximum absolute atomic E-state index is 12.2. The van der Waals surface area contributed by atoms with Gasteiger partial charge in [0.1, 0.15) is 5.60 Å². The highest BCUT2D eigenvalue weighted by molar-refractivity contribution is 5.70. The maximum Gasteiger partial charge on any atom is 0.410 e. The Labute approximate surface area is 138 Å². The van der Waals surface area contributed by atoms with Gasteiger partial charge in [0.2, 0.25) is 0 Å². The molecule has 0 atom stereocenters. The van der Waals surface area contributed by atoms with E-state index in [1.807, 2.05) is 53.4 Å². The fourth-order valence-corrected chi connectivity index (χ4v) is 2.62. The molecule has 1 saturated heterocycles. The van der Waals surface area contributed by atoms with Gasteiger partial charge in [-0.05, 0) is 47.5 Å². The van der Waals surface area contributed by atoms with Crippen molar-refractivity contribution >= 4 is 6.09 Å². The molecule has 2 rings (SSSR count). The van der Waals surface area contributed by atoms with Gasteiger partial charge in [0.05, 0.1) is 5.54 Å². The topological polar surface area (TPSA) is 32.8 Å². The molecular formula is C18H38N2O2. The normalized spacial score (nSPS) is 19.8. The van der Waals surface area contributed by atoms with E-state index in [4.69, 9.17) is 4.74 Å². The first-order valence-corrected chi connectivity index (χ1v) is 8.98. The standard InChI is InChI=1S/C14H26N2O2.2C2H6/c1-11(2)15-8-9-16(14(10-15)6-7-14)12(17)18-13(3,4)5;2*1-2/h11H,6-10H2,1-5H3;2*1-2H3. The van der Waals surface area contributed by atoms with E-state index >= 15 is 0 Å². The average molecular weight is 315 g/mol. The summed E-state index contributed by atoms with van der Waals surface area (Å²) >= 11 is 0. The van der Waals surface area contributed by atoms with Crippen LogP contribution in [-0.2, 0) is 4.74 Å². The van der Waals surface area contributed by atoms with Crippen molar-refractivity contribution in [3.05, 3.63) is 0 Å². The Morgan fingerprint density at radius 2 is 1.55 bits per heavy atom. The number of nitrogens with zero attached hydrogens (tertiary/aromatic N) is 2. The monoisotopic (exact) mass is 314 g/mol. The Hall–Kier alpha value is -0.770. The number of piperazine rings is 1. The minimum atomic E-state index is -0.400. The Morgan fingerprint density at radius 1 is 1.05 bits per heavy atom. The highest BCUT2D eigenvalue weighted by atomic mass is 16.6. The lowest BCUT2D eigenvalue weighted by atomic mass is 10.1. The molecule has 1 heterocycles. The molecular weight excluding hydrogens is 276 g/mol. The first-order valence-electron chi connectivity index (χ1n) is 8.98. The molecule has 4 nitrogen and oxygen atoms in total. The Kier molecular flexibility index (Phi) is 8.45. The summed E-state index contributed by atoms with van der Waals surface area (Å²) in [5.74, 6) is 0. The van der Waals surface area contributed by atoms with Crippen LogP contribution < -0.4 is 0 Å². The lowest BCUT2D eigenvalue weighted by Crippen LogP contribution is -2.59. The molecule has 132 valence electrons. The number of carbonyl (C=O) groups is 1. The molecule has 0 N–H and O–H groups in total. The highest BCUT2D eigenvalue weighted by Crippen LogP contribution is 2.45. The van der Waals surface area contributed by atoms with Gasteiger partial charge in [0.15, 0.2) is 0 Å². The second-order valence-electron chi connectivity index (χ2n) is 6.92. The van der Waals surface area contributed by atoms with Gasteiger partial charge in [-0.1, -0.05) is 27.7 Å². The van der Waals surface area contributed by atoms with Gasteiger partial charge in [-0.2, -0.15) is 0 Å². The molecule has 0 aromatic carbocycles. The van der Waals surface area contributed by atoms with E-state index < -0.39 is 5.60 Å². The van der Waals surface area contributed by atoms with E-state index in [-0.39, 0.29) is 11.6 Å². The van der Waals surface area contributed by atoms with Crippen LogP contribution in [0.3, 0.4) is 0 Å². The zero-order valence-electron chi connectivity index (χ0n) is 16.3. The predicted molar refractivity (Wildman–Crippen MR) is 94.3 cm³/mol. The number of amides is 1. The molecule has 2 fully saturated rings. The van der Waals surface area contributed by atoms with Crippen LogP contribution in [-0.4, -0.2) is 52.7 Å². The van der Waals surface area contributed by atoms with Crippen LogP contribution in [0, 0.1) is 0 Å². The fourth-order valence-electron chi connectivity index (χ4n) is 2.62. The molecule has 22 heavy (non-hydrogen) atoms. The third-order valence-corrected chi connectivity index (χ3v) is 3.85. The van der Waals surface area contributed by atoms with E-state index in [1.54, 1.807) is 0 Å². The fraction of sp³-hybridized carbons (Fsp3) is 0.944. The van der Waals surface area contributed by atoms with Gasteiger partial charge >= 0.3 is 6.09 Å². The third-order valence-electron chi connectivity index (χ3n) is 3.85. The largest absolute Gasteiger partial charge is 0.444 e. The average Bonchev–Trinajstić information content (AvgIpc) is 3.20. The van der Waals surface area contributed by atoms with Gasteiger partial charge in [0.25, 0.3) is 0 Å². The summed E-state index contributed by atoms with van der Waals surface area (Å²) in [6, 6.07) is 0.559. The summed E-state index contributed by atoms with van der Waals surface area (Å²) in [4.78, 5) is 16.7. The quantitative estimate of drug-likeness (QED) is 0.712.